The molecule has 1 amide bonds. The molecule has 1 saturated heterocycles. The number of carbonyl (C=O) groups is 2. The van der Waals surface area contributed by atoms with E-state index in [1.54, 1.807) is 29.3 Å². The number of ether oxygens (including phenoxy) is 1. The van der Waals surface area contributed by atoms with Crippen molar-refractivity contribution >= 4 is 34.6 Å². The van der Waals surface area contributed by atoms with E-state index in [0.29, 0.717) is 26.2 Å². The second-order valence-electron chi connectivity index (χ2n) is 6.85. The molecule has 0 spiro atoms. The molecule has 0 N–H and O–H groups in total. The van der Waals surface area contributed by atoms with Crippen LogP contribution in [0.4, 0.5) is 11.4 Å². The number of carbonyl (C=O) groups excluding carboxylic acids is 2. The van der Waals surface area contributed by atoms with Gasteiger partial charge in [-0.15, -0.1) is 0 Å². The standard InChI is InChI=1S/C19H22N4O6S/c1-14-13-30-19(26)22(14)7-6-18(25)29-12-17(24)21-10-8-20(9-11-21)15-2-4-16(5-3-15)23(27)28/h2-5,13H,6-12H2,1H3. The molecule has 0 radical (unpaired) electrons. The van der Waals surface area contributed by atoms with Crippen molar-refractivity contribution in [3.8, 4) is 0 Å². The summed E-state index contributed by atoms with van der Waals surface area (Å²) < 4.78 is 6.57. The van der Waals surface area contributed by atoms with Gasteiger partial charge in [0.15, 0.2) is 6.61 Å². The predicted octanol–water partition coefficient (Wildman–Crippen LogP) is 1.41. The molecule has 1 aromatic carbocycles. The number of rotatable bonds is 7. The Labute approximate surface area is 176 Å². The first-order chi connectivity index (χ1) is 14.3. The number of nitrogens with zero attached hydrogens (tertiary/aromatic N) is 4. The van der Waals surface area contributed by atoms with Gasteiger partial charge < -0.3 is 19.1 Å². The van der Waals surface area contributed by atoms with E-state index in [1.165, 1.54) is 16.7 Å². The molecule has 0 saturated carbocycles. The van der Waals surface area contributed by atoms with Gasteiger partial charge in [-0.1, -0.05) is 11.3 Å². The number of nitro groups is 1. The molecule has 11 heteroatoms. The van der Waals surface area contributed by atoms with Crippen LogP contribution in [0.5, 0.6) is 0 Å². The molecule has 0 unspecified atom stereocenters. The van der Waals surface area contributed by atoms with Crippen molar-refractivity contribution in [2.45, 2.75) is 19.9 Å². The van der Waals surface area contributed by atoms with Gasteiger partial charge in [-0.05, 0) is 19.1 Å². The Bertz CT molecular complexity index is 976. The minimum atomic E-state index is -0.523. The lowest BCUT2D eigenvalue weighted by Gasteiger charge is -2.36. The van der Waals surface area contributed by atoms with Crippen LogP contribution < -0.4 is 9.77 Å². The van der Waals surface area contributed by atoms with Gasteiger partial charge in [0, 0.05) is 61.6 Å². The summed E-state index contributed by atoms with van der Waals surface area (Å²) in [5.74, 6) is -0.791. The summed E-state index contributed by atoms with van der Waals surface area (Å²) in [4.78, 5) is 49.7. The van der Waals surface area contributed by atoms with Crippen LogP contribution in [0.3, 0.4) is 0 Å². The number of aromatic nitrogens is 1. The van der Waals surface area contributed by atoms with Crippen molar-refractivity contribution in [1.29, 1.82) is 0 Å². The zero-order valence-corrected chi connectivity index (χ0v) is 17.3. The quantitative estimate of drug-likeness (QED) is 0.368. The predicted molar refractivity (Wildman–Crippen MR) is 111 cm³/mol. The molecule has 2 aromatic rings. The summed E-state index contributed by atoms with van der Waals surface area (Å²) >= 11 is 1.08. The Morgan fingerprint density at radius 2 is 1.83 bits per heavy atom. The summed E-state index contributed by atoms with van der Waals surface area (Å²) in [6.45, 7) is 3.80. The molecule has 0 atom stereocenters. The molecule has 1 aliphatic rings. The highest BCUT2D eigenvalue weighted by molar-refractivity contribution is 7.07. The maximum absolute atomic E-state index is 12.3. The highest BCUT2D eigenvalue weighted by atomic mass is 32.1. The second kappa shape index (κ2) is 9.53. The topological polar surface area (TPSA) is 115 Å². The van der Waals surface area contributed by atoms with Crippen LogP contribution in [-0.4, -0.2) is 59.1 Å². The van der Waals surface area contributed by atoms with Crippen LogP contribution in [0.2, 0.25) is 0 Å². The van der Waals surface area contributed by atoms with E-state index in [0.717, 1.165) is 22.7 Å². The van der Waals surface area contributed by atoms with Gasteiger partial charge in [0.25, 0.3) is 11.6 Å². The normalized spacial score (nSPS) is 13.9. The fourth-order valence-corrected chi connectivity index (χ4v) is 3.94. The lowest BCUT2D eigenvalue weighted by molar-refractivity contribution is -0.384. The van der Waals surface area contributed by atoms with Crippen LogP contribution >= 0.6 is 11.3 Å². The number of benzene rings is 1. The number of anilines is 1. The minimum Gasteiger partial charge on any atom is -0.456 e. The molecule has 10 nitrogen and oxygen atoms in total. The van der Waals surface area contributed by atoms with Gasteiger partial charge >= 0.3 is 10.8 Å². The van der Waals surface area contributed by atoms with E-state index >= 15 is 0 Å². The molecular weight excluding hydrogens is 412 g/mol. The van der Waals surface area contributed by atoms with E-state index < -0.39 is 10.9 Å². The average molecular weight is 434 g/mol. The monoisotopic (exact) mass is 434 g/mol. The second-order valence-corrected chi connectivity index (χ2v) is 7.67. The third-order valence-corrected chi connectivity index (χ3v) is 5.81. The van der Waals surface area contributed by atoms with Gasteiger partial charge in [0.2, 0.25) is 0 Å². The van der Waals surface area contributed by atoms with Crippen molar-refractivity contribution in [2.24, 2.45) is 0 Å². The number of nitro benzene ring substituents is 1. The van der Waals surface area contributed by atoms with E-state index in [2.05, 4.69) is 0 Å². The largest absolute Gasteiger partial charge is 0.456 e. The van der Waals surface area contributed by atoms with Gasteiger partial charge in [0.05, 0.1) is 11.3 Å². The van der Waals surface area contributed by atoms with Crippen LogP contribution in [0, 0.1) is 17.0 Å². The SMILES string of the molecule is Cc1csc(=O)n1CCC(=O)OCC(=O)N1CCN(c2ccc([N+](=O)[O-])cc2)CC1. The number of piperazine rings is 1. The number of esters is 1. The zero-order chi connectivity index (χ0) is 21.7. The lowest BCUT2D eigenvalue weighted by Crippen LogP contribution is -2.49. The zero-order valence-electron chi connectivity index (χ0n) is 16.5. The number of amides is 1. The van der Waals surface area contributed by atoms with Crippen LogP contribution in [0.1, 0.15) is 12.1 Å². The number of hydrogen-bond acceptors (Lipinski definition) is 8. The Morgan fingerprint density at radius 1 is 1.17 bits per heavy atom. The first-order valence-corrected chi connectivity index (χ1v) is 10.3. The molecule has 1 aromatic heterocycles. The van der Waals surface area contributed by atoms with Crippen LogP contribution in [0.15, 0.2) is 34.4 Å². The molecular formula is C19H22N4O6S. The van der Waals surface area contributed by atoms with Gasteiger partial charge in [-0.25, -0.2) is 0 Å². The Hall–Kier alpha value is -3.21. The molecule has 30 heavy (non-hydrogen) atoms. The molecule has 1 fully saturated rings. The third-order valence-electron chi connectivity index (χ3n) is 4.93. The molecule has 3 rings (SSSR count). The summed E-state index contributed by atoms with van der Waals surface area (Å²) in [6, 6.07) is 6.30. The Kier molecular flexibility index (Phi) is 6.83. The van der Waals surface area contributed by atoms with Crippen LogP contribution in [-0.2, 0) is 20.9 Å². The summed E-state index contributed by atoms with van der Waals surface area (Å²) in [7, 11) is 0. The lowest BCUT2D eigenvalue weighted by atomic mass is 10.2. The Morgan fingerprint density at radius 3 is 2.40 bits per heavy atom. The highest BCUT2D eigenvalue weighted by Crippen LogP contribution is 2.20. The molecule has 0 bridgehead atoms. The van der Waals surface area contributed by atoms with E-state index in [4.69, 9.17) is 4.74 Å². The van der Waals surface area contributed by atoms with Crippen molar-refractivity contribution in [3.63, 3.8) is 0 Å². The van der Waals surface area contributed by atoms with Crippen molar-refractivity contribution in [3.05, 3.63) is 55.1 Å². The van der Waals surface area contributed by atoms with Crippen molar-refractivity contribution in [2.75, 3.05) is 37.7 Å². The molecule has 1 aliphatic heterocycles. The van der Waals surface area contributed by atoms with Crippen molar-refractivity contribution in [1.82, 2.24) is 9.47 Å². The number of hydrogen-bond donors (Lipinski definition) is 0. The van der Waals surface area contributed by atoms with Gasteiger partial charge in [-0.3, -0.25) is 24.5 Å². The third kappa shape index (κ3) is 5.23. The molecule has 0 aliphatic carbocycles. The molecule has 2 heterocycles. The minimum absolute atomic E-state index is 0.0265. The first-order valence-electron chi connectivity index (χ1n) is 9.43. The highest BCUT2D eigenvalue weighted by Gasteiger charge is 2.22. The fourth-order valence-electron chi connectivity index (χ4n) is 3.18. The first kappa shape index (κ1) is 21.5. The fraction of sp³-hybridized carbons (Fsp3) is 0.421. The van der Waals surface area contributed by atoms with Crippen molar-refractivity contribution < 1.29 is 19.2 Å². The number of non-ortho nitro benzene ring substituents is 1. The van der Waals surface area contributed by atoms with E-state index in [1.807, 2.05) is 4.90 Å². The van der Waals surface area contributed by atoms with Gasteiger partial charge in [-0.2, -0.15) is 0 Å². The maximum atomic E-state index is 12.3. The average Bonchev–Trinajstić information content (AvgIpc) is 3.08. The number of thiazole rings is 1. The number of aryl methyl sites for hydroxylation is 1. The van der Waals surface area contributed by atoms with E-state index in [9.17, 15) is 24.5 Å². The maximum Gasteiger partial charge on any atom is 0.308 e. The Balaban J connectivity index is 1.41. The molecule has 160 valence electrons. The summed E-state index contributed by atoms with van der Waals surface area (Å²) in [5.41, 5.74) is 1.69. The van der Waals surface area contributed by atoms with E-state index in [-0.39, 0.29) is 36.0 Å². The van der Waals surface area contributed by atoms with Gasteiger partial charge in [0.1, 0.15) is 0 Å². The summed E-state index contributed by atoms with van der Waals surface area (Å²) in [5, 5.41) is 12.5. The summed E-state index contributed by atoms with van der Waals surface area (Å²) in [6.07, 6.45) is 0.0265. The smallest absolute Gasteiger partial charge is 0.308 e. The van der Waals surface area contributed by atoms with Crippen LogP contribution in [0.25, 0.3) is 0 Å².